The zero-order valence-corrected chi connectivity index (χ0v) is 15.5. The average molecular weight is 356 g/mol. The summed E-state index contributed by atoms with van der Waals surface area (Å²) in [6.07, 6.45) is 9.63. The quantitative estimate of drug-likeness (QED) is 0.816. The number of furan rings is 1. The topological polar surface area (TPSA) is 63.5 Å². The lowest BCUT2D eigenvalue weighted by Crippen LogP contribution is -2.32. The van der Waals surface area contributed by atoms with Gasteiger partial charge in [0.2, 0.25) is 0 Å². The minimum Gasteiger partial charge on any atom is -0.493 e. The Labute approximate surface area is 154 Å². The molecule has 0 aliphatic heterocycles. The molecule has 2 aliphatic rings. The third-order valence-corrected chi connectivity index (χ3v) is 5.81. The van der Waals surface area contributed by atoms with Crippen LogP contribution in [0, 0.1) is 0 Å². The third-order valence-electron chi connectivity index (χ3n) is 5.81. The Bertz CT molecular complexity index is 771. The number of carbonyl (C=O) groups is 1. The monoisotopic (exact) mass is 356 g/mol. The van der Waals surface area contributed by atoms with Gasteiger partial charge in [0.05, 0.1) is 7.11 Å². The second-order valence-electron chi connectivity index (χ2n) is 7.60. The minimum absolute atomic E-state index is 0.121. The molecule has 5 nitrogen and oxygen atoms in total. The van der Waals surface area contributed by atoms with Crippen molar-refractivity contribution in [1.29, 1.82) is 0 Å². The zero-order valence-electron chi connectivity index (χ0n) is 15.5. The lowest BCUT2D eigenvalue weighted by atomic mass is 10.1. The third kappa shape index (κ3) is 3.58. The number of hydrogen-bond donors (Lipinski definition) is 2. The summed E-state index contributed by atoms with van der Waals surface area (Å²) in [6, 6.07) is 6.74. The van der Waals surface area contributed by atoms with E-state index in [-0.39, 0.29) is 11.9 Å². The number of nitrogens with one attached hydrogen (secondary N) is 2. The highest BCUT2D eigenvalue weighted by Gasteiger charge is 2.22. The summed E-state index contributed by atoms with van der Waals surface area (Å²) < 4.78 is 11.4. The van der Waals surface area contributed by atoms with Crippen LogP contribution in [0.15, 0.2) is 22.6 Å². The molecule has 0 unspecified atom stereocenters. The van der Waals surface area contributed by atoms with E-state index in [9.17, 15) is 4.79 Å². The maximum atomic E-state index is 12.6. The molecule has 0 atom stereocenters. The molecule has 2 saturated carbocycles. The van der Waals surface area contributed by atoms with Crippen molar-refractivity contribution in [3.8, 4) is 5.75 Å². The summed E-state index contributed by atoms with van der Waals surface area (Å²) >= 11 is 0. The van der Waals surface area contributed by atoms with Gasteiger partial charge in [-0.25, -0.2) is 0 Å². The molecule has 5 heteroatoms. The molecule has 4 rings (SSSR count). The van der Waals surface area contributed by atoms with E-state index in [1.165, 1.54) is 38.5 Å². The van der Waals surface area contributed by atoms with Gasteiger partial charge in [0.1, 0.15) is 0 Å². The molecule has 2 aromatic rings. The van der Waals surface area contributed by atoms with Crippen LogP contribution in [-0.4, -0.2) is 25.1 Å². The van der Waals surface area contributed by atoms with Crippen molar-refractivity contribution < 1.29 is 13.9 Å². The Balaban J connectivity index is 1.56. The molecule has 1 aromatic heterocycles. The first-order chi connectivity index (χ1) is 12.7. The molecule has 1 heterocycles. The highest BCUT2D eigenvalue weighted by atomic mass is 16.5. The lowest BCUT2D eigenvalue weighted by Gasteiger charge is -2.12. The largest absolute Gasteiger partial charge is 0.493 e. The SMILES string of the molecule is COc1ccc(CNC2CCCC2)c2cc(C(=O)NC3CCCC3)oc12. The lowest BCUT2D eigenvalue weighted by molar-refractivity contribution is 0.0912. The molecule has 140 valence electrons. The van der Waals surface area contributed by atoms with Gasteiger partial charge in [0.25, 0.3) is 5.91 Å². The summed E-state index contributed by atoms with van der Waals surface area (Å²) in [5.74, 6) is 0.924. The van der Waals surface area contributed by atoms with Gasteiger partial charge >= 0.3 is 0 Å². The molecular formula is C21H28N2O3. The van der Waals surface area contributed by atoms with E-state index < -0.39 is 0 Å². The Morgan fingerprint density at radius 3 is 2.50 bits per heavy atom. The van der Waals surface area contributed by atoms with Gasteiger partial charge in [-0.05, 0) is 43.4 Å². The van der Waals surface area contributed by atoms with Gasteiger partial charge in [-0.2, -0.15) is 0 Å². The first-order valence-electron chi connectivity index (χ1n) is 9.88. The first kappa shape index (κ1) is 17.4. The first-order valence-corrected chi connectivity index (χ1v) is 9.88. The molecule has 1 amide bonds. The van der Waals surface area contributed by atoms with Crippen molar-refractivity contribution >= 4 is 16.9 Å². The number of rotatable bonds is 6. The van der Waals surface area contributed by atoms with Crippen LogP contribution in [0.25, 0.3) is 11.0 Å². The number of methoxy groups -OCH3 is 1. The molecule has 2 N–H and O–H groups in total. The van der Waals surface area contributed by atoms with E-state index in [2.05, 4.69) is 16.7 Å². The molecule has 0 bridgehead atoms. The molecule has 0 radical (unpaired) electrons. The van der Waals surface area contributed by atoms with Crippen LogP contribution in [-0.2, 0) is 6.54 Å². The Morgan fingerprint density at radius 1 is 1.12 bits per heavy atom. The average Bonchev–Trinajstić information content (AvgIpc) is 3.40. The Kier molecular flexibility index (Phi) is 5.16. The summed E-state index contributed by atoms with van der Waals surface area (Å²) in [5.41, 5.74) is 1.81. The van der Waals surface area contributed by atoms with Crippen LogP contribution in [0.4, 0.5) is 0 Å². The van der Waals surface area contributed by atoms with Crippen molar-refractivity contribution in [2.75, 3.05) is 7.11 Å². The summed E-state index contributed by atoms with van der Waals surface area (Å²) in [4.78, 5) is 12.6. The fourth-order valence-electron chi connectivity index (χ4n) is 4.29. The molecule has 0 saturated heterocycles. The van der Waals surface area contributed by atoms with Gasteiger partial charge in [-0.3, -0.25) is 4.79 Å². The molecule has 0 spiro atoms. The van der Waals surface area contributed by atoms with E-state index in [0.29, 0.717) is 23.1 Å². The van der Waals surface area contributed by atoms with Gasteiger partial charge in [0, 0.05) is 24.0 Å². The van der Waals surface area contributed by atoms with E-state index in [4.69, 9.17) is 9.15 Å². The maximum Gasteiger partial charge on any atom is 0.287 e. The number of ether oxygens (including phenoxy) is 1. The fraction of sp³-hybridized carbons (Fsp3) is 0.571. The highest BCUT2D eigenvalue weighted by Crippen LogP contribution is 2.32. The van der Waals surface area contributed by atoms with Crippen LogP contribution < -0.4 is 15.4 Å². The van der Waals surface area contributed by atoms with Gasteiger partial charge in [0.15, 0.2) is 17.1 Å². The second-order valence-corrected chi connectivity index (χ2v) is 7.60. The van der Waals surface area contributed by atoms with E-state index >= 15 is 0 Å². The van der Waals surface area contributed by atoms with E-state index in [1.807, 2.05) is 12.1 Å². The van der Waals surface area contributed by atoms with Crippen molar-refractivity contribution in [3.05, 3.63) is 29.5 Å². The predicted molar refractivity (Wildman–Crippen MR) is 102 cm³/mol. The molecule has 1 aromatic carbocycles. The number of fused-ring (bicyclic) bond motifs is 1. The fourth-order valence-corrected chi connectivity index (χ4v) is 4.29. The molecular weight excluding hydrogens is 328 g/mol. The number of amides is 1. The van der Waals surface area contributed by atoms with Crippen molar-refractivity contribution in [2.45, 2.75) is 70.0 Å². The van der Waals surface area contributed by atoms with Crippen LogP contribution in [0.1, 0.15) is 67.5 Å². The smallest absolute Gasteiger partial charge is 0.287 e. The molecule has 2 aliphatic carbocycles. The van der Waals surface area contributed by atoms with Crippen molar-refractivity contribution in [3.63, 3.8) is 0 Å². The Hall–Kier alpha value is -2.01. The minimum atomic E-state index is -0.121. The van der Waals surface area contributed by atoms with Crippen LogP contribution >= 0.6 is 0 Å². The number of benzene rings is 1. The maximum absolute atomic E-state index is 12.6. The van der Waals surface area contributed by atoms with Crippen molar-refractivity contribution in [2.24, 2.45) is 0 Å². The summed E-state index contributed by atoms with van der Waals surface area (Å²) in [7, 11) is 1.63. The normalized spacial score (nSPS) is 18.7. The van der Waals surface area contributed by atoms with Gasteiger partial charge in [-0.15, -0.1) is 0 Å². The molecule has 2 fully saturated rings. The Morgan fingerprint density at radius 2 is 1.81 bits per heavy atom. The number of carbonyl (C=O) groups excluding carboxylic acids is 1. The van der Waals surface area contributed by atoms with E-state index in [0.717, 1.165) is 30.3 Å². The van der Waals surface area contributed by atoms with Gasteiger partial charge in [-0.1, -0.05) is 31.7 Å². The predicted octanol–water partition coefficient (Wildman–Crippen LogP) is 4.15. The van der Waals surface area contributed by atoms with Crippen LogP contribution in [0.5, 0.6) is 5.75 Å². The number of hydrogen-bond acceptors (Lipinski definition) is 4. The second kappa shape index (κ2) is 7.70. The highest BCUT2D eigenvalue weighted by molar-refractivity contribution is 5.98. The van der Waals surface area contributed by atoms with Crippen molar-refractivity contribution in [1.82, 2.24) is 10.6 Å². The molecule has 26 heavy (non-hydrogen) atoms. The van der Waals surface area contributed by atoms with Gasteiger partial charge < -0.3 is 19.8 Å². The zero-order chi connectivity index (χ0) is 17.9. The van der Waals surface area contributed by atoms with Crippen LogP contribution in [0.2, 0.25) is 0 Å². The van der Waals surface area contributed by atoms with Crippen LogP contribution in [0.3, 0.4) is 0 Å². The summed E-state index contributed by atoms with van der Waals surface area (Å²) in [5, 5.41) is 7.71. The summed E-state index contributed by atoms with van der Waals surface area (Å²) in [6.45, 7) is 0.786. The standard InChI is InChI=1S/C21H28N2O3/c1-25-18-11-10-14(13-22-15-6-2-3-7-15)17-12-19(26-20(17)18)21(24)23-16-8-4-5-9-16/h10-12,15-16,22H,2-9,13H2,1H3,(H,23,24). The van der Waals surface area contributed by atoms with E-state index in [1.54, 1.807) is 7.11 Å².